The highest BCUT2D eigenvalue weighted by Crippen LogP contribution is 2.37. The van der Waals surface area contributed by atoms with Crippen molar-refractivity contribution >= 4 is 56.7 Å². The fourth-order valence-electron chi connectivity index (χ4n) is 8.84. The third-order valence-corrected chi connectivity index (χ3v) is 16.6. The van der Waals surface area contributed by atoms with Crippen LogP contribution in [0.25, 0.3) is 44.2 Å². The molecule has 10 aromatic carbocycles. The van der Waals surface area contributed by atoms with Gasteiger partial charge in [-0.05, 0) is 113 Å². The second-order valence-electron chi connectivity index (χ2n) is 15.3. The predicted octanol–water partition coefficient (Wildman–Crippen LogP) is 12.7. The van der Waals surface area contributed by atoms with E-state index < -0.39 is 8.07 Å². The van der Waals surface area contributed by atoms with Crippen LogP contribution in [0.2, 0.25) is 0 Å². The van der Waals surface area contributed by atoms with Gasteiger partial charge < -0.3 is 4.90 Å². The zero-order valence-corrected chi connectivity index (χ0v) is 34.3. The van der Waals surface area contributed by atoms with Gasteiger partial charge in [-0.15, -0.1) is 0 Å². The first-order valence-electron chi connectivity index (χ1n) is 20.7. The topological polar surface area (TPSA) is 3.24 Å². The SMILES string of the molecule is c1ccc(-c2ccc(N(c3ccccc3)c3ccc(-c4ccc5cc(-c6ccc([Si](c7ccccc7)(c7ccccc7)c7ccccc7)cc6)ccc5c4)cc3)cc2)cc1. The van der Waals surface area contributed by atoms with E-state index in [9.17, 15) is 0 Å². The Kier molecular flexibility index (Phi) is 10.0. The molecule has 2 heteroatoms. The summed E-state index contributed by atoms with van der Waals surface area (Å²) < 4.78 is 0. The molecule has 0 aromatic heterocycles. The summed E-state index contributed by atoms with van der Waals surface area (Å²) in [5, 5.41) is 7.98. The molecular formula is C58H43NSi. The van der Waals surface area contributed by atoms with Crippen LogP contribution in [0.15, 0.2) is 261 Å². The van der Waals surface area contributed by atoms with Crippen LogP contribution in [0.1, 0.15) is 0 Å². The summed E-state index contributed by atoms with van der Waals surface area (Å²) in [4.78, 5) is 2.32. The normalized spacial score (nSPS) is 11.3. The van der Waals surface area contributed by atoms with E-state index in [4.69, 9.17) is 0 Å². The van der Waals surface area contributed by atoms with Gasteiger partial charge in [0.15, 0.2) is 8.07 Å². The minimum Gasteiger partial charge on any atom is -0.311 e. The largest absolute Gasteiger partial charge is 0.311 e. The van der Waals surface area contributed by atoms with Gasteiger partial charge in [0.25, 0.3) is 0 Å². The van der Waals surface area contributed by atoms with Crippen LogP contribution >= 0.6 is 0 Å². The molecule has 0 N–H and O–H groups in total. The van der Waals surface area contributed by atoms with Crippen LogP contribution < -0.4 is 25.6 Å². The molecule has 284 valence electrons. The van der Waals surface area contributed by atoms with Crippen molar-refractivity contribution in [3.8, 4) is 33.4 Å². The number of anilines is 3. The molecule has 1 nitrogen and oxygen atoms in total. The highest BCUT2D eigenvalue weighted by molar-refractivity contribution is 7.19. The van der Waals surface area contributed by atoms with Gasteiger partial charge in [0.1, 0.15) is 0 Å². The van der Waals surface area contributed by atoms with Crippen LogP contribution in [-0.4, -0.2) is 8.07 Å². The fraction of sp³-hybridized carbons (Fsp3) is 0. The van der Waals surface area contributed by atoms with Crippen LogP contribution in [0, 0.1) is 0 Å². The van der Waals surface area contributed by atoms with Gasteiger partial charge in [0, 0.05) is 17.1 Å². The monoisotopic (exact) mass is 781 g/mol. The summed E-state index contributed by atoms with van der Waals surface area (Å²) in [7, 11) is -2.57. The number of nitrogens with zero attached hydrogens (tertiary/aromatic N) is 1. The van der Waals surface area contributed by atoms with E-state index in [1.807, 2.05) is 0 Å². The van der Waals surface area contributed by atoms with Crippen LogP contribution in [-0.2, 0) is 0 Å². The molecule has 0 unspecified atom stereocenters. The number of rotatable bonds is 10. The van der Waals surface area contributed by atoms with Gasteiger partial charge in [-0.3, -0.25) is 0 Å². The summed E-state index contributed by atoms with van der Waals surface area (Å²) in [6, 6.07) is 95.4. The molecule has 0 bridgehead atoms. The second kappa shape index (κ2) is 16.4. The highest BCUT2D eigenvalue weighted by Gasteiger charge is 2.41. The number of hydrogen-bond acceptors (Lipinski definition) is 1. The molecular weight excluding hydrogens is 739 g/mol. The molecule has 0 saturated heterocycles. The lowest BCUT2D eigenvalue weighted by atomic mass is 9.97. The molecule has 0 aliphatic rings. The molecule has 0 saturated carbocycles. The predicted molar refractivity (Wildman–Crippen MR) is 259 cm³/mol. The maximum atomic E-state index is 2.38. The molecule has 0 aliphatic carbocycles. The minimum atomic E-state index is -2.57. The Labute approximate surface area is 354 Å². The quantitative estimate of drug-likeness (QED) is 0.0987. The lowest BCUT2D eigenvalue weighted by molar-refractivity contribution is 1.28. The first-order chi connectivity index (χ1) is 29.7. The smallest absolute Gasteiger partial charge is 0.179 e. The van der Waals surface area contributed by atoms with Crippen LogP contribution in [0.3, 0.4) is 0 Å². The third-order valence-electron chi connectivity index (χ3n) is 11.8. The summed E-state index contributed by atoms with van der Waals surface area (Å²) in [6.45, 7) is 0. The summed E-state index contributed by atoms with van der Waals surface area (Å²) in [6.07, 6.45) is 0. The van der Waals surface area contributed by atoms with Crippen LogP contribution in [0.4, 0.5) is 17.1 Å². The number of para-hydroxylation sites is 1. The Morgan fingerprint density at radius 3 is 0.917 bits per heavy atom. The first-order valence-corrected chi connectivity index (χ1v) is 22.7. The Morgan fingerprint density at radius 1 is 0.217 bits per heavy atom. The van der Waals surface area contributed by atoms with Gasteiger partial charge >= 0.3 is 0 Å². The molecule has 0 aliphatic heterocycles. The van der Waals surface area contributed by atoms with Crippen molar-refractivity contribution in [2.24, 2.45) is 0 Å². The zero-order chi connectivity index (χ0) is 40.1. The molecule has 10 aromatic rings. The Balaban J connectivity index is 0.942. The molecule has 0 spiro atoms. The fourth-order valence-corrected chi connectivity index (χ4v) is 13.6. The molecule has 0 heterocycles. The highest BCUT2D eigenvalue weighted by atomic mass is 28.3. The van der Waals surface area contributed by atoms with Crippen molar-refractivity contribution in [3.05, 3.63) is 261 Å². The van der Waals surface area contributed by atoms with E-state index in [1.54, 1.807) is 0 Å². The van der Waals surface area contributed by atoms with E-state index in [0.29, 0.717) is 0 Å². The summed E-state index contributed by atoms with van der Waals surface area (Å²) in [5.74, 6) is 0. The van der Waals surface area contributed by atoms with E-state index >= 15 is 0 Å². The van der Waals surface area contributed by atoms with E-state index in [-0.39, 0.29) is 0 Å². The third kappa shape index (κ3) is 7.04. The number of fused-ring (bicyclic) bond motifs is 1. The number of hydrogen-bond donors (Lipinski definition) is 0. The standard InChI is InChI=1S/C58H43NSi/c1-6-16-44(17-7-1)45-30-36-53(37-31-45)59(52-18-8-2-9-19-52)54-38-32-46(33-39-54)48-26-28-51-43-49(27-29-50(51)42-48)47-34-40-58(41-35-47)60(55-20-10-3-11-21-55,56-22-12-4-13-23-56)57-24-14-5-15-25-57/h1-43H. The molecule has 0 amide bonds. The molecule has 0 atom stereocenters. The minimum absolute atomic E-state index is 1.12. The maximum absolute atomic E-state index is 2.57. The first kappa shape index (κ1) is 36.8. The van der Waals surface area contributed by atoms with E-state index in [2.05, 4.69) is 266 Å². The van der Waals surface area contributed by atoms with Crippen molar-refractivity contribution in [1.29, 1.82) is 0 Å². The summed E-state index contributed by atoms with van der Waals surface area (Å²) in [5.41, 5.74) is 10.6. The average Bonchev–Trinajstić information content (AvgIpc) is 3.34. The van der Waals surface area contributed by atoms with E-state index in [1.165, 1.54) is 64.9 Å². The van der Waals surface area contributed by atoms with Crippen molar-refractivity contribution < 1.29 is 0 Å². The molecule has 0 fully saturated rings. The van der Waals surface area contributed by atoms with Gasteiger partial charge in [-0.2, -0.15) is 0 Å². The van der Waals surface area contributed by atoms with Crippen molar-refractivity contribution in [3.63, 3.8) is 0 Å². The van der Waals surface area contributed by atoms with Crippen molar-refractivity contribution in [1.82, 2.24) is 0 Å². The van der Waals surface area contributed by atoms with E-state index in [0.717, 1.165) is 17.1 Å². The van der Waals surface area contributed by atoms with Gasteiger partial charge in [0.2, 0.25) is 0 Å². The average molecular weight is 782 g/mol. The lowest BCUT2D eigenvalue weighted by Crippen LogP contribution is -2.74. The molecule has 60 heavy (non-hydrogen) atoms. The Hall–Kier alpha value is -7.52. The second-order valence-corrected chi connectivity index (χ2v) is 19.1. The molecule has 0 radical (unpaired) electrons. The van der Waals surface area contributed by atoms with Gasteiger partial charge in [-0.25, -0.2) is 0 Å². The lowest BCUT2D eigenvalue weighted by Gasteiger charge is -2.34. The van der Waals surface area contributed by atoms with Gasteiger partial charge in [-0.1, -0.05) is 212 Å². The van der Waals surface area contributed by atoms with Gasteiger partial charge in [0.05, 0.1) is 0 Å². The summed E-state index contributed by atoms with van der Waals surface area (Å²) >= 11 is 0. The van der Waals surface area contributed by atoms with Crippen LogP contribution in [0.5, 0.6) is 0 Å². The molecule has 10 rings (SSSR count). The van der Waals surface area contributed by atoms with Crippen molar-refractivity contribution in [2.45, 2.75) is 0 Å². The van der Waals surface area contributed by atoms with Crippen molar-refractivity contribution in [2.75, 3.05) is 4.90 Å². The zero-order valence-electron chi connectivity index (χ0n) is 33.3. The Bertz CT molecular complexity index is 2870. The number of benzene rings is 10. The Morgan fingerprint density at radius 2 is 0.500 bits per heavy atom. The maximum Gasteiger partial charge on any atom is 0.179 e.